The molecule has 0 unspecified atom stereocenters. The van der Waals surface area contributed by atoms with Crippen LogP contribution < -0.4 is 14.4 Å². The van der Waals surface area contributed by atoms with Crippen LogP contribution in [0.15, 0.2) is 102 Å². The number of carbonyl (C=O) groups is 6. The van der Waals surface area contributed by atoms with Gasteiger partial charge in [0.15, 0.2) is 11.6 Å². The van der Waals surface area contributed by atoms with Crippen LogP contribution in [0.1, 0.15) is 93.4 Å². The number of nitrogens with zero attached hydrogens (tertiary/aromatic N) is 1. The van der Waals surface area contributed by atoms with Gasteiger partial charge in [-0.15, -0.1) is 0 Å². The summed E-state index contributed by atoms with van der Waals surface area (Å²) >= 11 is 3.36. The van der Waals surface area contributed by atoms with Crippen LogP contribution >= 0.6 is 15.9 Å². The van der Waals surface area contributed by atoms with E-state index in [9.17, 15) is 28.8 Å². The van der Waals surface area contributed by atoms with Gasteiger partial charge < -0.3 is 14.4 Å². The number of ketones is 3. The molecule has 266 valence electrons. The van der Waals surface area contributed by atoms with Gasteiger partial charge in [-0.05, 0) is 150 Å². The molecule has 0 aliphatic heterocycles. The maximum absolute atomic E-state index is 13.3. The lowest BCUT2D eigenvalue weighted by atomic mass is 9.80. The fraction of sp³-hybridized carbons (Fsp3) is 0.238. The van der Waals surface area contributed by atoms with Gasteiger partial charge in [-0.3, -0.25) is 24.0 Å². The summed E-state index contributed by atoms with van der Waals surface area (Å²) in [5.41, 5.74) is 2.55. The highest BCUT2D eigenvalue weighted by molar-refractivity contribution is 9.10. The Morgan fingerprint density at radius 3 is 1.88 bits per heavy atom. The molecule has 0 radical (unpaired) electrons. The normalized spacial score (nSPS) is 15.5. The molecule has 1 saturated carbocycles. The smallest absolute Gasteiger partial charge is 0.343 e. The van der Waals surface area contributed by atoms with Crippen molar-refractivity contribution < 1.29 is 38.2 Å². The van der Waals surface area contributed by atoms with E-state index in [0.29, 0.717) is 60.2 Å². The first-order chi connectivity index (χ1) is 24.9. The molecule has 0 N–H and O–H groups in total. The molecule has 0 atom stereocenters. The van der Waals surface area contributed by atoms with Crippen molar-refractivity contribution in [1.29, 1.82) is 0 Å². The average molecular weight is 765 g/mol. The standard InChI is InChI=1S/C42H38BrNO8/c1-4-44(36-20-15-29(16-21-36)27(3)46)40(48)31-7-11-32(12-8-31)41(49)51-37-22-24-39(52-42(50)33-9-5-28(6-10-33)26(2)45)34(25-37)17-23-38(47)30-13-18-35(43)19-14-30/h7-8,11-25,28,33H,4-6,9-10H2,1-3H3/b23-17+. The Hall–Kier alpha value is -5.48. The SMILES string of the molecule is CCN(C(=O)c1ccc(C(=O)Oc2ccc(OC(=O)C3CCC(C(C)=O)CC3)c(/C=C/C(=O)c3ccc(Br)cc3)c2)cc1)c1ccc(C(C)=O)cc1. The molecule has 1 aliphatic carbocycles. The van der Waals surface area contributed by atoms with Crippen molar-refractivity contribution in [3.63, 3.8) is 0 Å². The van der Waals surface area contributed by atoms with Crippen LogP contribution in [0.2, 0.25) is 0 Å². The molecule has 5 rings (SSSR count). The number of ether oxygens (including phenoxy) is 2. The Bertz CT molecular complexity index is 2010. The zero-order chi connectivity index (χ0) is 37.4. The second-order valence-electron chi connectivity index (χ2n) is 12.6. The molecule has 10 heteroatoms. The lowest BCUT2D eigenvalue weighted by Crippen LogP contribution is -2.30. The van der Waals surface area contributed by atoms with E-state index >= 15 is 0 Å². The highest BCUT2D eigenvalue weighted by Crippen LogP contribution is 2.33. The number of hydrogen-bond donors (Lipinski definition) is 0. The maximum atomic E-state index is 13.3. The number of allylic oxidation sites excluding steroid dienone is 1. The van der Waals surface area contributed by atoms with E-state index in [1.807, 2.05) is 6.92 Å². The van der Waals surface area contributed by atoms with Gasteiger partial charge in [-0.2, -0.15) is 0 Å². The van der Waals surface area contributed by atoms with Gasteiger partial charge >= 0.3 is 11.9 Å². The second-order valence-corrected chi connectivity index (χ2v) is 13.5. The Balaban J connectivity index is 1.32. The van der Waals surface area contributed by atoms with E-state index in [1.165, 1.54) is 49.4 Å². The summed E-state index contributed by atoms with van der Waals surface area (Å²) in [6, 6.07) is 24.2. The summed E-state index contributed by atoms with van der Waals surface area (Å²) < 4.78 is 12.3. The fourth-order valence-electron chi connectivity index (χ4n) is 6.01. The summed E-state index contributed by atoms with van der Waals surface area (Å²) in [5.74, 6) is -1.66. The van der Waals surface area contributed by atoms with Crippen molar-refractivity contribution in [2.45, 2.75) is 46.5 Å². The van der Waals surface area contributed by atoms with Crippen molar-refractivity contribution in [2.24, 2.45) is 11.8 Å². The Kier molecular flexibility index (Phi) is 12.5. The van der Waals surface area contributed by atoms with E-state index in [1.54, 1.807) is 72.5 Å². The van der Waals surface area contributed by atoms with E-state index in [0.717, 1.165) is 4.47 Å². The van der Waals surface area contributed by atoms with Crippen LogP contribution in [0.25, 0.3) is 6.08 Å². The number of halogens is 1. The van der Waals surface area contributed by atoms with Crippen molar-refractivity contribution in [3.05, 3.63) is 129 Å². The molecule has 9 nitrogen and oxygen atoms in total. The summed E-state index contributed by atoms with van der Waals surface area (Å²) in [4.78, 5) is 77.6. The monoisotopic (exact) mass is 763 g/mol. The molecule has 0 aromatic heterocycles. The van der Waals surface area contributed by atoms with Gasteiger partial charge in [0, 0.05) is 44.9 Å². The van der Waals surface area contributed by atoms with Crippen molar-refractivity contribution in [1.82, 2.24) is 0 Å². The largest absolute Gasteiger partial charge is 0.426 e. The molecule has 1 fully saturated rings. The van der Waals surface area contributed by atoms with Crippen molar-refractivity contribution >= 4 is 62.9 Å². The van der Waals surface area contributed by atoms with Gasteiger partial charge in [0.2, 0.25) is 0 Å². The van der Waals surface area contributed by atoms with Crippen LogP contribution in [0.4, 0.5) is 5.69 Å². The van der Waals surface area contributed by atoms with E-state index in [2.05, 4.69) is 15.9 Å². The van der Waals surface area contributed by atoms with Gasteiger partial charge in [-0.25, -0.2) is 4.79 Å². The fourth-order valence-corrected chi connectivity index (χ4v) is 6.27. The number of rotatable bonds is 12. The molecule has 4 aromatic rings. The van der Waals surface area contributed by atoms with Crippen LogP contribution in [-0.2, 0) is 9.59 Å². The Morgan fingerprint density at radius 2 is 1.29 bits per heavy atom. The summed E-state index contributed by atoms with van der Waals surface area (Å²) in [6.45, 7) is 5.28. The number of anilines is 1. The van der Waals surface area contributed by atoms with Gasteiger partial charge in [0.1, 0.15) is 17.3 Å². The maximum Gasteiger partial charge on any atom is 0.343 e. The van der Waals surface area contributed by atoms with E-state index in [-0.39, 0.29) is 52.2 Å². The molecular weight excluding hydrogens is 726 g/mol. The molecule has 0 bridgehead atoms. The minimum absolute atomic E-state index is 0.0404. The molecule has 1 amide bonds. The minimum atomic E-state index is -0.681. The number of esters is 2. The van der Waals surface area contributed by atoms with Gasteiger partial charge in [0.25, 0.3) is 5.91 Å². The molecule has 1 aliphatic rings. The number of benzene rings is 4. The summed E-state index contributed by atoms with van der Waals surface area (Å²) in [7, 11) is 0. The zero-order valence-corrected chi connectivity index (χ0v) is 30.7. The topological polar surface area (TPSA) is 124 Å². The molecule has 0 heterocycles. The van der Waals surface area contributed by atoms with Crippen LogP contribution in [-0.4, -0.2) is 41.7 Å². The van der Waals surface area contributed by atoms with Gasteiger partial charge in [0.05, 0.1) is 11.5 Å². The van der Waals surface area contributed by atoms with Gasteiger partial charge in [-0.1, -0.05) is 15.9 Å². The Morgan fingerprint density at radius 1 is 0.712 bits per heavy atom. The number of hydrogen-bond acceptors (Lipinski definition) is 8. The average Bonchev–Trinajstić information content (AvgIpc) is 3.15. The van der Waals surface area contributed by atoms with E-state index in [4.69, 9.17) is 9.47 Å². The highest BCUT2D eigenvalue weighted by atomic mass is 79.9. The number of carbonyl (C=O) groups excluding carboxylic acids is 6. The first kappa shape index (κ1) is 37.8. The van der Waals surface area contributed by atoms with E-state index < -0.39 is 11.9 Å². The Labute approximate surface area is 310 Å². The van der Waals surface area contributed by atoms with Crippen LogP contribution in [0, 0.1) is 11.8 Å². The lowest BCUT2D eigenvalue weighted by Gasteiger charge is -2.25. The quantitative estimate of drug-likeness (QED) is 0.0608. The number of amides is 1. The third kappa shape index (κ3) is 9.44. The van der Waals surface area contributed by atoms with Crippen LogP contribution in [0.3, 0.4) is 0 Å². The highest BCUT2D eigenvalue weighted by Gasteiger charge is 2.30. The predicted octanol–water partition coefficient (Wildman–Crippen LogP) is 8.73. The first-order valence-corrected chi connectivity index (χ1v) is 17.8. The number of Topliss-reactive ketones (excluding diaryl/α,β-unsaturated/α-hetero) is 2. The molecule has 4 aromatic carbocycles. The molecule has 0 spiro atoms. The molecular formula is C42H38BrNO8. The van der Waals surface area contributed by atoms with Crippen molar-refractivity contribution in [2.75, 3.05) is 11.4 Å². The zero-order valence-electron chi connectivity index (χ0n) is 29.1. The van der Waals surface area contributed by atoms with Crippen molar-refractivity contribution in [3.8, 4) is 11.5 Å². The second kappa shape index (κ2) is 17.2. The summed E-state index contributed by atoms with van der Waals surface area (Å²) in [6.07, 6.45) is 5.19. The first-order valence-electron chi connectivity index (χ1n) is 17.0. The lowest BCUT2D eigenvalue weighted by molar-refractivity contribution is -0.141. The summed E-state index contributed by atoms with van der Waals surface area (Å²) in [5, 5.41) is 0. The predicted molar refractivity (Wildman–Crippen MR) is 201 cm³/mol. The third-order valence-corrected chi connectivity index (χ3v) is 9.62. The minimum Gasteiger partial charge on any atom is -0.426 e. The third-order valence-electron chi connectivity index (χ3n) is 9.10. The molecule has 52 heavy (non-hydrogen) atoms. The molecule has 0 saturated heterocycles. The van der Waals surface area contributed by atoms with Crippen LogP contribution in [0.5, 0.6) is 11.5 Å².